The summed E-state index contributed by atoms with van der Waals surface area (Å²) in [6, 6.07) is 9.65. The van der Waals surface area contributed by atoms with Crippen LogP contribution in [0.4, 0.5) is 0 Å². The number of benzene rings is 2. The zero-order valence-electron chi connectivity index (χ0n) is 11.2. The summed E-state index contributed by atoms with van der Waals surface area (Å²) in [5, 5.41) is 9.72. The number of carboxylic acids is 1. The quantitative estimate of drug-likeness (QED) is 0.670. The molecule has 2 aromatic carbocycles. The predicted octanol–water partition coefficient (Wildman–Crippen LogP) is 4.45. The van der Waals surface area contributed by atoms with Gasteiger partial charge in [0.2, 0.25) is 0 Å². The summed E-state index contributed by atoms with van der Waals surface area (Å²) < 4.78 is 0. The number of aryl methyl sites for hydroxylation is 1. The minimum atomic E-state index is -0.947. The van der Waals surface area contributed by atoms with Crippen molar-refractivity contribution in [2.75, 3.05) is 0 Å². The van der Waals surface area contributed by atoms with Crippen LogP contribution in [0.25, 0.3) is 16.7 Å². The van der Waals surface area contributed by atoms with Gasteiger partial charge in [0.05, 0.1) is 0 Å². The smallest absolute Gasteiger partial charge is 0.328 e. The van der Waals surface area contributed by atoms with Crippen molar-refractivity contribution >= 4 is 23.1 Å². The highest BCUT2D eigenvalue weighted by atomic mass is 35.5. The molecule has 0 aromatic heterocycles. The lowest BCUT2D eigenvalue weighted by Gasteiger charge is -2.08. The number of carboxylic acid groups (broad SMARTS) is 1. The number of halogens is 1. The van der Waals surface area contributed by atoms with Crippen LogP contribution in [-0.2, 0) is 4.79 Å². The summed E-state index contributed by atoms with van der Waals surface area (Å²) in [4.78, 5) is 11.1. The summed E-state index contributed by atoms with van der Waals surface area (Å²) in [6.07, 6.45) is 1.26. The highest BCUT2D eigenvalue weighted by molar-refractivity contribution is 6.31. The van der Waals surface area contributed by atoms with E-state index in [0.717, 1.165) is 27.8 Å². The van der Waals surface area contributed by atoms with E-state index in [2.05, 4.69) is 13.8 Å². The number of carbonyl (C=O) groups is 1. The molecule has 100 valence electrons. The van der Waals surface area contributed by atoms with E-state index in [4.69, 9.17) is 16.7 Å². The lowest BCUT2D eigenvalue weighted by molar-refractivity contribution is -0.131. The highest BCUT2D eigenvalue weighted by Crippen LogP contribution is 2.47. The third-order valence-corrected chi connectivity index (χ3v) is 4.07. The number of aliphatic carboxylic acids is 1. The summed E-state index contributed by atoms with van der Waals surface area (Å²) in [5.41, 5.74) is 7.13. The van der Waals surface area contributed by atoms with Crippen molar-refractivity contribution < 1.29 is 9.90 Å². The molecule has 0 amide bonds. The van der Waals surface area contributed by atoms with Crippen LogP contribution < -0.4 is 0 Å². The van der Waals surface area contributed by atoms with Gasteiger partial charge in [0, 0.05) is 11.1 Å². The van der Waals surface area contributed by atoms with Gasteiger partial charge in [-0.3, -0.25) is 0 Å². The Hall–Kier alpha value is -2.06. The Balaban J connectivity index is 2.41. The van der Waals surface area contributed by atoms with Gasteiger partial charge in [-0.2, -0.15) is 0 Å². The molecule has 1 N–H and O–H groups in total. The maximum atomic E-state index is 11.1. The minimum absolute atomic E-state index is 0.613. The second-order valence-electron chi connectivity index (χ2n) is 5.02. The first-order valence-corrected chi connectivity index (χ1v) is 6.72. The van der Waals surface area contributed by atoms with Crippen molar-refractivity contribution in [2.45, 2.75) is 13.8 Å². The van der Waals surface area contributed by atoms with E-state index in [-0.39, 0.29) is 0 Å². The van der Waals surface area contributed by atoms with Crippen LogP contribution in [0.3, 0.4) is 0 Å². The van der Waals surface area contributed by atoms with Gasteiger partial charge in [-0.25, -0.2) is 4.79 Å². The Kier molecular flexibility index (Phi) is 2.91. The molecule has 0 aliphatic heterocycles. The van der Waals surface area contributed by atoms with E-state index in [1.165, 1.54) is 17.2 Å². The SMILES string of the molecule is Cc1ccc2c(c1C)-c1ccc(Cl)cc1/C2=C/C(=O)O. The Bertz CT molecular complexity index is 773. The van der Waals surface area contributed by atoms with E-state index < -0.39 is 5.97 Å². The first-order valence-electron chi connectivity index (χ1n) is 6.34. The van der Waals surface area contributed by atoms with Gasteiger partial charge in [0.1, 0.15) is 0 Å². The molecule has 0 heterocycles. The second-order valence-corrected chi connectivity index (χ2v) is 5.45. The first-order chi connectivity index (χ1) is 9.49. The standard InChI is InChI=1S/C17H13ClO2/c1-9-3-5-12-15(8-16(19)20)14-7-11(18)4-6-13(14)17(12)10(9)2/h3-8H,1-2H3,(H,19,20)/b15-8+. The molecule has 1 aliphatic carbocycles. The predicted molar refractivity (Wildman–Crippen MR) is 81.1 cm³/mol. The molecule has 0 bridgehead atoms. The molecule has 0 fully saturated rings. The second kappa shape index (κ2) is 4.50. The summed E-state index contributed by atoms with van der Waals surface area (Å²) >= 11 is 6.06. The zero-order chi connectivity index (χ0) is 14.4. The fraction of sp³-hybridized carbons (Fsp3) is 0.118. The molecular formula is C17H13ClO2. The molecule has 0 spiro atoms. The largest absolute Gasteiger partial charge is 0.478 e. The molecule has 2 nitrogen and oxygen atoms in total. The number of fused-ring (bicyclic) bond motifs is 3. The van der Waals surface area contributed by atoms with Gasteiger partial charge < -0.3 is 5.11 Å². The van der Waals surface area contributed by atoms with Gasteiger partial charge in [0.15, 0.2) is 0 Å². The normalized spacial score (nSPS) is 14.2. The third-order valence-electron chi connectivity index (χ3n) is 3.83. The molecule has 20 heavy (non-hydrogen) atoms. The molecule has 3 rings (SSSR count). The first kappa shape index (κ1) is 12.9. The monoisotopic (exact) mass is 284 g/mol. The van der Waals surface area contributed by atoms with Crippen LogP contribution in [0.15, 0.2) is 36.4 Å². The lowest BCUT2D eigenvalue weighted by atomic mass is 9.96. The van der Waals surface area contributed by atoms with Crippen LogP contribution in [0.1, 0.15) is 22.3 Å². The van der Waals surface area contributed by atoms with Gasteiger partial charge in [-0.15, -0.1) is 0 Å². The van der Waals surface area contributed by atoms with Crippen LogP contribution in [0, 0.1) is 13.8 Å². The van der Waals surface area contributed by atoms with Crippen molar-refractivity contribution in [2.24, 2.45) is 0 Å². The van der Waals surface area contributed by atoms with Crippen molar-refractivity contribution in [3.8, 4) is 11.1 Å². The van der Waals surface area contributed by atoms with Gasteiger partial charge >= 0.3 is 5.97 Å². The van der Waals surface area contributed by atoms with E-state index in [1.807, 2.05) is 30.3 Å². The fourth-order valence-electron chi connectivity index (χ4n) is 2.77. The Morgan fingerprint density at radius 1 is 1.10 bits per heavy atom. The van der Waals surface area contributed by atoms with E-state index in [9.17, 15) is 4.79 Å². The molecule has 1 aliphatic rings. The van der Waals surface area contributed by atoms with Crippen LogP contribution in [-0.4, -0.2) is 11.1 Å². The Morgan fingerprint density at radius 2 is 1.80 bits per heavy atom. The minimum Gasteiger partial charge on any atom is -0.478 e. The molecule has 2 aromatic rings. The van der Waals surface area contributed by atoms with E-state index in [0.29, 0.717) is 5.02 Å². The number of hydrogen-bond donors (Lipinski definition) is 1. The van der Waals surface area contributed by atoms with Gasteiger partial charge in [-0.1, -0.05) is 29.8 Å². The van der Waals surface area contributed by atoms with Gasteiger partial charge in [-0.05, 0) is 64.9 Å². The van der Waals surface area contributed by atoms with Crippen molar-refractivity contribution in [3.63, 3.8) is 0 Å². The van der Waals surface area contributed by atoms with E-state index in [1.54, 1.807) is 0 Å². The molecule has 0 atom stereocenters. The Morgan fingerprint density at radius 3 is 2.50 bits per heavy atom. The lowest BCUT2D eigenvalue weighted by Crippen LogP contribution is -1.92. The molecule has 0 unspecified atom stereocenters. The fourth-order valence-corrected chi connectivity index (χ4v) is 2.94. The molecule has 0 saturated carbocycles. The highest BCUT2D eigenvalue weighted by Gasteiger charge is 2.26. The zero-order valence-corrected chi connectivity index (χ0v) is 12.0. The topological polar surface area (TPSA) is 37.3 Å². The summed E-state index contributed by atoms with van der Waals surface area (Å²) in [6.45, 7) is 4.13. The maximum Gasteiger partial charge on any atom is 0.328 e. The maximum absolute atomic E-state index is 11.1. The molecule has 0 saturated heterocycles. The summed E-state index contributed by atoms with van der Waals surface area (Å²) in [7, 11) is 0. The van der Waals surface area contributed by atoms with Crippen molar-refractivity contribution in [1.29, 1.82) is 0 Å². The average Bonchev–Trinajstić information content (AvgIpc) is 2.68. The molecule has 3 heteroatoms. The Labute approximate surface area is 122 Å². The van der Waals surface area contributed by atoms with E-state index >= 15 is 0 Å². The summed E-state index contributed by atoms with van der Waals surface area (Å²) in [5.74, 6) is -0.947. The third kappa shape index (κ3) is 1.84. The number of rotatable bonds is 1. The van der Waals surface area contributed by atoms with Crippen LogP contribution in [0.5, 0.6) is 0 Å². The van der Waals surface area contributed by atoms with Crippen LogP contribution >= 0.6 is 11.6 Å². The van der Waals surface area contributed by atoms with Gasteiger partial charge in [0.25, 0.3) is 0 Å². The average molecular weight is 285 g/mol. The number of hydrogen-bond acceptors (Lipinski definition) is 1. The molecule has 0 radical (unpaired) electrons. The van der Waals surface area contributed by atoms with Crippen molar-refractivity contribution in [3.05, 3.63) is 63.7 Å². The van der Waals surface area contributed by atoms with Crippen LogP contribution in [0.2, 0.25) is 5.02 Å². The van der Waals surface area contributed by atoms with Crippen molar-refractivity contribution in [1.82, 2.24) is 0 Å². The molecular weight excluding hydrogens is 272 g/mol.